The number of nitriles is 1. The van der Waals surface area contributed by atoms with Gasteiger partial charge < -0.3 is 4.52 Å². The number of thioether (sulfide) groups is 2. The maximum atomic E-state index is 12.7. The predicted molar refractivity (Wildman–Crippen MR) is 108 cm³/mol. The van der Waals surface area contributed by atoms with E-state index in [9.17, 15) is 4.79 Å². The second kappa shape index (κ2) is 9.08. The van der Waals surface area contributed by atoms with Crippen LogP contribution in [0, 0.1) is 25.2 Å². The van der Waals surface area contributed by atoms with Crippen molar-refractivity contribution < 1.29 is 9.32 Å². The lowest BCUT2D eigenvalue weighted by atomic mass is 10.2. The number of anilines is 1. The monoisotopic (exact) mass is 416 g/mol. The first kappa shape index (κ1) is 19.5. The second-order valence-electron chi connectivity index (χ2n) is 5.51. The number of aryl methyl sites for hydroxylation is 2. The van der Waals surface area contributed by atoms with E-state index >= 15 is 0 Å². The van der Waals surface area contributed by atoms with Crippen molar-refractivity contribution in [1.82, 2.24) is 10.1 Å². The van der Waals surface area contributed by atoms with E-state index < -0.39 is 0 Å². The van der Waals surface area contributed by atoms with E-state index in [0.29, 0.717) is 22.2 Å². The number of rotatable bonds is 7. The Labute approximate surface area is 169 Å². The number of thiazole rings is 1. The van der Waals surface area contributed by atoms with Crippen molar-refractivity contribution in [2.24, 2.45) is 0 Å². The summed E-state index contributed by atoms with van der Waals surface area (Å²) < 4.78 is 6.17. The van der Waals surface area contributed by atoms with Gasteiger partial charge in [-0.1, -0.05) is 40.4 Å². The molecule has 0 saturated carbocycles. The van der Waals surface area contributed by atoms with Gasteiger partial charge in [-0.15, -0.1) is 11.8 Å². The molecule has 0 unspecified atom stereocenters. The summed E-state index contributed by atoms with van der Waals surface area (Å²) in [5, 5.41) is 16.0. The summed E-state index contributed by atoms with van der Waals surface area (Å²) in [5.74, 6) is 1.51. The Morgan fingerprint density at radius 3 is 2.89 bits per heavy atom. The molecular weight excluding hydrogens is 400 g/mol. The minimum atomic E-state index is -0.211. The van der Waals surface area contributed by atoms with E-state index in [-0.39, 0.29) is 5.91 Å². The van der Waals surface area contributed by atoms with Crippen LogP contribution in [-0.2, 0) is 5.75 Å². The molecule has 0 atom stereocenters. The van der Waals surface area contributed by atoms with Gasteiger partial charge in [0.05, 0.1) is 38.7 Å². The van der Waals surface area contributed by atoms with Gasteiger partial charge in [0.25, 0.3) is 5.91 Å². The first-order chi connectivity index (χ1) is 13.1. The summed E-state index contributed by atoms with van der Waals surface area (Å²) in [6, 6.07) is 11.4. The fraction of sp³-hybridized carbons (Fsp3) is 0.222. The molecule has 0 bridgehead atoms. The van der Waals surface area contributed by atoms with Gasteiger partial charge in [-0.3, -0.25) is 10.1 Å². The molecule has 0 radical (unpaired) electrons. The average molecular weight is 417 g/mol. The average Bonchev–Trinajstić information content (AvgIpc) is 3.23. The quantitative estimate of drug-likeness (QED) is 0.547. The SMILES string of the molecule is Cc1cc(CSc2ccccc2C(=O)Nc2nc(C)c(SCC#N)s2)on1. The molecule has 0 saturated heterocycles. The van der Waals surface area contributed by atoms with Crippen LogP contribution >= 0.6 is 34.9 Å². The molecule has 0 fully saturated rings. The standard InChI is InChI=1S/C18H16N4O2S3/c1-11-9-13(24-22-11)10-26-15-6-4-3-5-14(15)16(23)21-18-20-12(2)17(27-18)25-8-7-19/h3-6,9H,8,10H2,1-2H3,(H,20,21,23). The molecule has 3 aromatic rings. The highest BCUT2D eigenvalue weighted by Crippen LogP contribution is 2.33. The second-order valence-corrected chi connectivity index (χ2v) is 8.77. The molecule has 2 heterocycles. The molecular formula is C18H16N4O2S3. The van der Waals surface area contributed by atoms with Gasteiger partial charge in [0.2, 0.25) is 0 Å². The number of benzene rings is 1. The number of hydrogen-bond acceptors (Lipinski definition) is 8. The van der Waals surface area contributed by atoms with E-state index in [2.05, 4.69) is 21.5 Å². The Balaban J connectivity index is 1.70. The molecule has 3 rings (SSSR count). The maximum absolute atomic E-state index is 12.7. The van der Waals surface area contributed by atoms with Crippen LogP contribution in [-0.4, -0.2) is 21.8 Å². The fourth-order valence-corrected chi connectivity index (χ4v) is 4.96. The van der Waals surface area contributed by atoms with Crippen LogP contribution in [0.25, 0.3) is 0 Å². The van der Waals surface area contributed by atoms with Crippen molar-refractivity contribution in [3.63, 3.8) is 0 Å². The Morgan fingerprint density at radius 1 is 1.33 bits per heavy atom. The van der Waals surface area contributed by atoms with Crippen LogP contribution in [0.15, 0.2) is 44.0 Å². The van der Waals surface area contributed by atoms with E-state index in [0.717, 1.165) is 26.3 Å². The third-order valence-electron chi connectivity index (χ3n) is 3.42. The van der Waals surface area contributed by atoms with Crippen molar-refractivity contribution >= 4 is 45.9 Å². The lowest BCUT2D eigenvalue weighted by molar-refractivity contribution is 0.102. The highest BCUT2D eigenvalue weighted by molar-refractivity contribution is 8.01. The Bertz CT molecular complexity index is 991. The Morgan fingerprint density at radius 2 is 2.15 bits per heavy atom. The fourth-order valence-electron chi connectivity index (χ4n) is 2.25. The molecule has 1 aromatic carbocycles. The summed E-state index contributed by atoms with van der Waals surface area (Å²) >= 11 is 4.32. The first-order valence-corrected chi connectivity index (χ1v) is 10.8. The van der Waals surface area contributed by atoms with Crippen LogP contribution in [0.1, 0.15) is 27.5 Å². The summed E-state index contributed by atoms with van der Waals surface area (Å²) in [4.78, 5) is 18.0. The lowest BCUT2D eigenvalue weighted by Crippen LogP contribution is -2.12. The number of nitrogens with zero attached hydrogens (tertiary/aromatic N) is 3. The molecule has 9 heteroatoms. The third-order valence-corrected chi connectivity index (χ3v) is 6.82. The van der Waals surface area contributed by atoms with Crippen molar-refractivity contribution in [3.8, 4) is 6.07 Å². The number of aromatic nitrogens is 2. The molecule has 1 amide bonds. The van der Waals surface area contributed by atoms with Crippen LogP contribution in [0.3, 0.4) is 0 Å². The van der Waals surface area contributed by atoms with E-state index in [1.807, 2.05) is 38.1 Å². The van der Waals surface area contributed by atoms with Gasteiger partial charge in [0.15, 0.2) is 5.13 Å². The predicted octanol–water partition coefficient (Wildman–Crippen LogP) is 4.91. The van der Waals surface area contributed by atoms with Crippen molar-refractivity contribution in [1.29, 1.82) is 5.26 Å². The number of amides is 1. The smallest absolute Gasteiger partial charge is 0.258 e. The number of carbonyl (C=O) groups excluding carboxylic acids is 1. The van der Waals surface area contributed by atoms with Gasteiger partial charge in [-0.05, 0) is 26.0 Å². The summed E-state index contributed by atoms with van der Waals surface area (Å²) in [6.45, 7) is 3.74. The molecule has 0 aliphatic heterocycles. The van der Waals surface area contributed by atoms with Crippen molar-refractivity contribution in [2.45, 2.75) is 28.7 Å². The Kier molecular flexibility index (Phi) is 6.55. The molecule has 1 N–H and O–H groups in total. The summed E-state index contributed by atoms with van der Waals surface area (Å²) in [7, 11) is 0. The molecule has 6 nitrogen and oxygen atoms in total. The third kappa shape index (κ3) is 5.13. The highest BCUT2D eigenvalue weighted by Gasteiger charge is 2.16. The first-order valence-electron chi connectivity index (χ1n) is 7.99. The minimum absolute atomic E-state index is 0.211. The molecule has 0 aliphatic rings. The number of carbonyl (C=O) groups is 1. The van der Waals surface area contributed by atoms with Crippen LogP contribution in [0.2, 0.25) is 0 Å². The van der Waals surface area contributed by atoms with Crippen LogP contribution in [0.4, 0.5) is 5.13 Å². The molecule has 138 valence electrons. The van der Waals surface area contributed by atoms with E-state index in [1.54, 1.807) is 6.07 Å². The highest BCUT2D eigenvalue weighted by atomic mass is 32.2. The summed E-state index contributed by atoms with van der Waals surface area (Å²) in [5.41, 5.74) is 2.23. The van der Waals surface area contributed by atoms with Crippen molar-refractivity contribution in [2.75, 3.05) is 11.1 Å². The zero-order chi connectivity index (χ0) is 19.2. The maximum Gasteiger partial charge on any atom is 0.258 e. The zero-order valence-electron chi connectivity index (χ0n) is 14.7. The van der Waals surface area contributed by atoms with E-state index in [4.69, 9.17) is 9.78 Å². The van der Waals surface area contributed by atoms with Gasteiger partial charge in [0.1, 0.15) is 5.76 Å². The van der Waals surface area contributed by atoms with Gasteiger partial charge in [0, 0.05) is 11.0 Å². The number of hydrogen-bond donors (Lipinski definition) is 1. The molecule has 2 aromatic heterocycles. The number of nitrogens with one attached hydrogen (secondary N) is 1. The van der Waals surface area contributed by atoms with Crippen molar-refractivity contribution in [3.05, 3.63) is 53.0 Å². The molecule has 0 aliphatic carbocycles. The Hall–Kier alpha value is -2.28. The topological polar surface area (TPSA) is 91.8 Å². The molecule has 0 spiro atoms. The van der Waals surface area contributed by atoms with Gasteiger partial charge in [-0.25, -0.2) is 4.98 Å². The molecule has 27 heavy (non-hydrogen) atoms. The largest absolute Gasteiger partial charge is 0.360 e. The van der Waals surface area contributed by atoms with Gasteiger partial charge >= 0.3 is 0 Å². The normalized spacial score (nSPS) is 10.6. The lowest BCUT2D eigenvalue weighted by Gasteiger charge is -2.07. The minimum Gasteiger partial charge on any atom is -0.360 e. The van der Waals surface area contributed by atoms with Crippen LogP contribution < -0.4 is 5.32 Å². The van der Waals surface area contributed by atoms with E-state index in [1.165, 1.54) is 34.9 Å². The summed E-state index contributed by atoms with van der Waals surface area (Å²) in [6.07, 6.45) is 0. The zero-order valence-corrected chi connectivity index (χ0v) is 17.1. The van der Waals surface area contributed by atoms with Crippen LogP contribution in [0.5, 0.6) is 0 Å². The van der Waals surface area contributed by atoms with Gasteiger partial charge in [-0.2, -0.15) is 5.26 Å².